The quantitative estimate of drug-likeness (QED) is 0.922. The number of nitrogens with one attached hydrogen (secondary N) is 1. The zero-order valence-corrected chi connectivity index (χ0v) is 12.9. The van der Waals surface area contributed by atoms with Crippen LogP contribution in [0.15, 0.2) is 39.4 Å². The first-order chi connectivity index (χ1) is 10.7. The Balaban J connectivity index is 1.66. The minimum atomic E-state index is -0.179. The Labute approximate surface area is 130 Å². The zero-order valence-electron chi connectivity index (χ0n) is 12.9. The third-order valence-corrected chi connectivity index (χ3v) is 4.12. The molecule has 1 atom stereocenters. The van der Waals surface area contributed by atoms with Crippen molar-refractivity contribution in [2.45, 2.75) is 32.2 Å². The van der Waals surface area contributed by atoms with E-state index in [9.17, 15) is 4.79 Å². The summed E-state index contributed by atoms with van der Waals surface area (Å²) in [6, 6.07) is 7.44. The number of piperidine rings is 1. The molecule has 5 nitrogen and oxygen atoms in total. The Kier molecular flexibility index (Phi) is 4.63. The lowest BCUT2D eigenvalue weighted by molar-refractivity contribution is 0.0886. The molecule has 5 heteroatoms. The number of aryl methyl sites for hydroxylation is 1. The SMILES string of the molecule is Cc1ccc(C(=O)NC[C@@H](c2ccco2)N2CCCCC2)o1. The van der Waals surface area contributed by atoms with Crippen LogP contribution < -0.4 is 5.32 Å². The van der Waals surface area contributed by atoms with Crippen LogP contribution >= 0.6 is 0 Å². The van der Waals surface area contributed by atoms with Crippen LogP contribution in [-0.2, 0) is 0 Å². The Bertz CT molecular complexity index is 597. The maximum atomic E-state index is 12.2. The van der Waals surface area contributed by atoms with E-state index in [2.05, 4.69) is 10.2 Å². The maximum absolute atomic E-state index is 12.2. The molecule has 0 aromatic carbocycles. The third kappa shape index (κ3) is 3.42. The largest absolute Gasteiger partial charge is 0.468 e. The van der Waals surface area contributed by atoms with Crippen molar-refractivity contribution in [3.05, 3.63) is 47.8 Å². The minimum Gasteiger partial charge on any atom is -0.468 e. The summed E-state index contributed by atoms with van der Waals surface area (Å²) in [4.78, 5) is 14.5. The molecule has 1 aliphatic rings. The van der Waals surface area contributed by atoms with Crippen molar-refractivity contribution in [1.29, 1.82) is 0 Å². The van der Waals surface area contributed by atoms with E-state index in [0.29, 0.717) is 12.3 Å². The molecule has 0 spiro atoms. The van der Waals surface area contributed by atoms with Crippen molar-refractivity contribution < 1.29 is 13.6 Å². The second-order valence-electron chi connectivity index (χ2n) is 5.75. The van der Waals surface area contributed by atoms with Crippen LogP contribution in [0.3, 0.4) is 0 Å². The van der Waals surface area contributed by atoms with Crippen molar-refractivity contribution in [3.8, 4) is 0 Å². The van der Waals surface area contributed by atoms with E-state index in [1.165, 1.54) is 19.3 Å². The first-order valence-electron chi connectivity index (χ1n) is 7.86. The van der Waals surface area contributed by atoms with Crippen LogP contribution in [0.4, 0.5) is 0 Å². The predicted molar refractivity (Wildman–Crippen MR) is 82.7 cm³/mol. The van der Waals surface area contributed by atoms with Crippen LogP contribution in [0, 0.1) is 6.92 Å². The van der Waals surface area contributed by atoms with Gasteiger partial charge in [-0.15, -0.1) is 0 Å². The van der Waals surface area contributed by atoms with Crippen molar-refractivity contribution in [3.63, 3.8) is 0 Å². The van der Waals surface area contributed by atoms with Gasteiger partial charge in [0.2, 0.25) is 0 Å². The first-order valence-corrected chi connectivity index (χ1v) is 7.86. The predicted octanol–water partition coefficient (Wildman–Crippen LogP) is 3.14. The van der Waals surface area contributed by atoms with E-state index in [4.69, 9.17) is 8.83 Å². The van der Waals surface area contributed by atoms with Crippen molar-refractivity contribution in [2.24, 2.45) is 0 Å². The molecule has 0 bridgehead atoms. The number of carbonyl (C=O) groups is 1. The van der Waals surface area contributed by atoms with Gasteiger partial charge in [-0.05, 0) is 57.1 Å². The van der Waals surface area contributed by atoms with Crippen molar-refractivity contribution in [2.75, 3.05) is 19.6 Å². The van der Waals surface area contributed by atoms with Gasteiger partial charge < -0.3 is 14.2 Å². The number of amides is 1. The lowest BCUT2D eigenvalue weighted by atomic mass is 10.1. The number of rotatable bonds is 5. The lowest BCUT2D eigenvalue weighted by Gasteiger charge is -2.33. The summed E-state index contributed by atoms with van der Waals surface area (Å²) in [7, 11) is 0. The highest BCUT2D eigenvalue weighted by molar-refractivity contribution is 5.91. The van der Waals surface area contributed by atoms with Gasteiger partial charge in [-0.25, -0.2) is 0 Å². The molecule has 1 fully saturated rings. The summed E-state index contributed by atoms with van der Waals surface area (Å²) in [6.45, 7) is 4.43. The summed E-state index contributed by atoms with van der Waals surface area (Å²) >= 11 is 0. The van der Waals surface area contributed by atoms with Crippen LogP contribution in [0.1, 0.15) is 47.4 Å². The molecular weight excluding hydrogens is 280 g/mol. The van der Waals surface area contributed by atoms with Crippen LogP contribution in [0.2, 0.25) is 0 Å². The average molecular weight is 302 g/mol. The highest BCUT2D eigenvalue weighted by Crippen LogP contribution is 2.24. The molecule has 0 unspecified atom stereocenters. The summed E-state index contributed by atoms with van der Waals surface area (Å²) in [5, 5.41) is 2.96. The van der Waals surface area contributed by atoms with Gasteiger partial charge in [0, 0.05) is 6.54 Å². The highest BCUT2D eigenvalue weighted by Gasteiger charge is 2.25. The van der Waals surface area contributed by atoms with E-state index in [0.717, 1.165) is 24.6 Å². The van der Waals surface area contributed by atoms with Gasteiger partial charge in [0.1, 0.15) is 11.5 Å². The maximum Gasteiger partial charge on any atom is 0.287 e. The van der Waals surface area contributed by atoms with Gasteiger partial charge in [0.05, 0.1) is 12.3 Å². The molecule has 1 N–H and O–H groups in total. The Morgan fingerprint density at radius 2 is 2.09 bits per heavy atom. The monoisotopic (exact) mass is 302 g/mol. The molecule has 0 radical (unpaired) electrons. The summed E-state index contributed by atoms with van der Waals surface area (Å²) in [5.74, 6) is 1.82. The Hall–Kier alpha value is -2.01. The summed E-state index contributed by atoms with van der Waals surface area (Å²) < 4.78 is 10.9. The van der Waals surface area contributed by atoms with E-state index in [1.807, 2.05) is 19.1 Å². The lowest BCUT2D eigenvalue weighted by Crippen LogP contribution is -2.40. The highest BCUT2D eigenvalue weighted by atomic mass is 16.3. The van der Waals surface area contributed by atoms with Crippen LogP contribution in [0.5, 0.6) is 0 Å². The molecule has 1 saturated heterocycles. The third-order valence-electron chi connectivity index (χ3n) is 4.12. The molecular formula is C17H22N2O3. The second-order valence-corrected chi connectivity index (χ2v) is 5.75. The number of likely N-dealkylation sites (tertiary alicyclic amines) is 1. The molecule has 2 aromatic heterocycles. The fourth-order valence-electron chi connectivity index (χ4n) is 2.95. The standard InChI is InChI=1S/C17H22N2O3/c1-13-7-8-16(22-13)17(20)18-12-14(15-6-5-11-21-15)19-9-3-2-4-10-19/h5-8,11,14H,2-4,9-10,12H2,1H3,(H,18,20)/t14-/m0/s1. The molecule has 1 amide bonds. The molecule has 1 aliphatic heterocycles. The molecule has 2 aromatic rings. The number of hydrogen-bond acceptors (Lipinski definition) is 4. The smallest absolute Gasteiger partial charge is 0.287 e. The molecule has 0 aliphatic carbocycles. The van der Waals surface area contributed by atoms with Gasteiger partial charge in [-0.2, -0.15) is 0 Å². The number of nitrogens with zero attached hydrogens (tertiary/aromatic N) is 1. The van der Waals surface area contributed by atoms with Gasteiger partial charge in [0.25, 0.3) is 5.91 Å². The molecule has 0 saturated carbocycles. The number of furan rings is 2. The molecule has 118 valence electrons. The Morgan fingerprint density at radius 3 is 2.73 bits per heavy atom. The molecule has 22 heavy (non-hydrogen) atoms. The van der Waals surface area contributed by atoms with E-state index >= 15 is 0 Å². The fourth-order valence-corrected chi connectivity index (χ4v) is 2.95. The van der Waals surface area contributed by atoms with Crippen LogP contribution in [0.25, 0.3) is 0 Å². The minimum absolute atomic E-state index is 0.0790. The van der Waals surface area contributed by atoms with Gasteiger partial charge in [0.15, 0.2) is 5.76 Å². The van der Waals surface area contributed by atoms with Crippen molar-refractivity contribution >= 4 is 5.91 Å². The fraction of sp³-hybridized carbons (Fsp3) is 0.471. The molecule has 3 heterocycles. The van der Waals surface area contributed by atoms with Crippen LogP contribution in [-0.4, -0.2) is 30.4 Å². The van der Waals surface area contributed by atoms with Gasteiger partial charge in [-0.3, -0.25) is 9.69 Å². The first kappa shape index (κ1) is 14.9. The van der Waals surface area contributed by atoms with Gasteiger partial charge in [-0.1, -0.05) is 6.42 Å². The van der Waals surface area contributed by atoms with E-state index in [1.54, 1.807) is 18.4 Å². The Morgan fingerprint density at radius 1 is 1.27 bits per heavy atom. The van der Waals surface area contributed by atoms with E-state index in [-0.39, 0.29) is 11.9 Å². The summed E-state index contributed by atoms with van der Waals surface area (Å²) in [5.41, 5.74) is 0. The van der Waals surface area contributed by atoms with Crippen molar-refractivity contribution in [1.82, 2.24) is 10.2 Å². The number of carbonyl (C=O) groups excluding carboxylic acids is 1. The topological polar surface area (TPSA) is 58.6 Å². The normalized spacial score (nSPS) is 17.3. The van der Waals surface area contributed by atoms with E-state index < -0.39 is 0 Å². The number of hydrogen-bond donors (Lipinski definition) is 1. The summed E-state index contributed by atoms with van der Waals surface area (Å²) in [6.07, 6.45) is 5.36. The molecule has 3 rings (SSSR count). The zero-order chi connectivity index (χ0) is 15.4. The average Bonchev–Trinajstić information content (AvgIpc) is 3.20. The second kappa shape index (κ2) is 6.83. The van der Waals surface area contributed by atoms with Gasteiger partial charge >= 0.3 is 0 Å².